The number of alkyl halides is 1. The van der Waals surface area contributed by atoms with Gasteiger partial charge in [0.25, 0.3) is 0 Å². The Morgan fingerprint density at radius 1 is 1.23 bits per heavy atom. The van der Waals surface area contributed by atoms with E-state index in [0.29, 0.717) is 0 Å². The van der Waals surface area contributed by atoms with Gasteiger partial charge in [-0.25, -0.2) is 0 Å². The molecule has 0 atom stereocenters. The van der Waals surface area contributed by atoms with E-state index in [2.05, 4.69) is 57.8 Å². The van der Waals surface area contributed by atoms with Gasteiger partial charge in [0.05, 0.1) is 0 Å². The smallest absolute Gasteiger partial charge is 0.0239 e. The van der Waals surface area contributed by atoms with Crippen LogP contribution in [0.25, 0.3) is 0 Å². The molecule has 0 radical (unpaired) electrons. The van der Waals surface area contributed by atoms with Crippen LogP contribution in [0.3, 0.4) is 0 Å². The molecule has 0 fully saturated rings. The molecule has 0 N–H and O–H groups in total. The minimum Gasteiger partial charge on any atom is -0.0924 e. The van der Waals surface area contributed by atoms with E-state index in [0.717, 1.165) is 18.2 Å². The second kappa shape index (κ2) is 5.16. The first-order valence-corrected chi connectivity index (χ1v) is 6.44. The Morgan fingerprint density at radius 2 is 1.85 bits per heavy atom. The fourth-order valence-electron chi connectivity index (χ4n) is 1.47. The third kappa shape index (κ3) is 2.81. The minimum absolute atomic E-state index is 1.03. The van der Waals surface area contributed by atoms with Crippen LogP contribution in [-0.4, -0.2) is 5.33 Å². The van der Waals surface area contributed by atoms with E-state index in [1.165, 1.54) is 21.2 Å². The molecule has 0 heterocycles. The van der Waals surface area contributed by atoms with Gasteiger partial charge in [-0.3, -0.25) is 0 Å². The molecule has 72 valence electrons. The third-order valence-corrected chi connectivity index (χ3v) is 3.53. The lowest BCUT2D eigenvalue weighted by molar-refractivity contribution is 1.07. The predicted octanol–water partition coefficient (Wildman–Crippen LogP) is 4.26. The molecular formula is C11H14Br2. The maximum absolute atomic E-state index is 3.66. The van der Waals surface area contributed by atoms with Crippen molar-refractivity contribution in [1.29, 1.82) is 0 Å². The molecule has 0 saturated heterocycles. The lowest BCUT2D eigenvalue weighted by Crippen LogP contribution is -1.94. The maximum atomic E-state index is 3.66. The number of hydrogen-bond donors (Lipinski definition) is 0. The van der Waals surface area contributed by atoms with E-state index in [-0.39, 0.29) is 0 Å². The highest BCUT2D eigenvalue weighted by atomic mass is 79.9. The van der Waals surface area contributed by atoms with Gasteiger partial charge < -0.3 is 0 Å². The molecule has 13 heavy (non-hydrogen) atoms. The van der Waals surface area contributed by atoms with Gasteiger partial charge in [0.2, 0.25) is 0 Å². The van der Waals surface area contributed by atoms with Crippen LogP contribution in [0.15, 0.2) is 16.6 Å². The zero-order valence-corrected chi connectivity index (χ0v) is 11.2. The minimum atomic E-state index is 1.03. The summed E-state index contributed by atoms with van der Waals surface area (Å²) in [6.45, 7) is 4.35. The molecule has 2 heteroatoms. The van der Waals surface area contributed by atoms with Gasteiger partial charge in [0, 0.05) is 9.80 Å². The Labute approximate surface area is 97.0 Å². The first kappa shape index (κ1) is 11.3. The zero-order chi connectivity index (χ0) is 9.84. The van der Waals surface area contributed by atoms with E-state index >= 15 is 0 Å². The van der Waals surface area contributed by atoms with Crippen molar-refractivity contribution in [2.24, 2.45) is 0 Å². The Hall–Kier alpha value is 0.180. The Kier molecular flexibility index (Phi) is 4.47. The molecule has 1 rings (SSSR count). The quantitative estimate of drug-likeness (QED) is 0.732. The van der Waals surface area contributed by atoms with Crippen LogP contribution in [0.5, 0.6) is 0 Å². The van der Waals surface area contributed by atoms with Gasteiger partial charge in [-0.15, -0.1) is 0 Å². The number of hydrogen-bond acceptors (Lipinski definition) is 0. The van der Waals surface area contributed by atoms with E-state index in [9.17, 15) is 0 Å². The molecule has 0 bridgehead atoms. The monoisotopic (exact) mass is 304 g/mol. The van der Waals surface area contributed by atoms with Crippen LogP contribution < -0.4 is 0 Å². The zero-order valence-electron chi connectivity index (χ0n) is 8.03. The van der Waals surface area contributed by atoms with Crippen LogP contribution >= 0.6 is 31.9 Å². The molecule has 0 spiro atoms. The van der Waals surface area contributed by atoms with Crippen molar-refractivity contribution >= 4 is 31.9 Å². The summed E-state index contributed by atoms with van der Waals surface area (Å²) in [5, 5.41) is 1.03. The summed E-state index contributed by atoms with van der Waals surface area (Å²) in [7, 11) is 0. The van der Waals surface area contributed by atoms with E-state index in [1.807, 2.05) is 0 Å². The molecule has 0 unspecified atom stereocenters. The van der Waals surface area contributed by atoms with Crippen molar-refractivity contribution in [3.05, 3.63) is 33.3 Å². The second-order valence-corrected chi connectivity index (χ2v) is 4.78. The SMILES string of the molecule is CCc1cc(C)cc(CCBr)c1Br. The summed E-state index contributed by atoms with van der Waals surface area (Å²) >= 11 is 7.13. The summed E-state index contributed by atoms with van der Waals surface area (Å²) in [5.41, 5.74) is 4.18. The van der Waals surface area contributed by atoms with E-state index in [4.69, 9.17) is 0 Å². The third-order valence-electron chi connectivity index (χ3n) is 2.11. The second-order valence-electron chi connectivity index (χ2n) is 3.19. The molecule has 0 nitrogen and oxygen atoms in total. The van der Waals surface area contributed by atoms with Gasteiger partial charge in [0.1, 0.15) is 0 Å². The van der Waals surface area contributed by atoms with Crippen molar-refractivity contribution in [2.45, 2.75) is 26.7 Å². The normalized spacial score (nSPS) is 10.5. The molecule has 1 aromatic rings. The summed E-state index contributed by atoms with van der Waals surface area (Å²) < 4.78 is 1.29. The average molecular weight is 306 g/mol. The number of halogens is 2. The average Bonchev–Trinajstić information content (AvgIpc) is 2.11. The Morgan fingerprint density at radius 3 is 2.38 bits per heavy atom. The summed E-state index contributed by atoms with van der Waals surface area (Å²) in [6, 6.07) is 4.51. The van der Waals surface area contributed by atoms with Crippen LogP contribution in [0, 0.1) is 6.92 Å². The molecule has 0 aliphatic rings. The van der Waals surface area contributed by atoms with Gasteiger partial charge in [-0.05, 0) is 30.9 Å². The number of aryl methyl sites for hydroxylation is 3. The largest absolute Gasteiger partial charge is 0.0924 e. The topological polar surface area (TPSA) is 0 Å². The number of rotatable bonds is 3. The summed E-state index contributed by atoms with van der Waals surface area (Å²) in [6.07, 6.45) is 2.19. The van der Waals surface area contributed by atoms with Gasteiger partial charge >= 0.3 is 0 Å². The Bertz CT molecular complexity index is 292. The summed E-state index contributed by atoms with van der Waals surface area (Å²) in [4.78, 5) is 0. The van der Waals surface area contributed by atoms with E-state index in [1.54, 1.807) is 0 Å². The Balaban J connectivity index is 3.11. The highest BCUT2D eigenvalue weighted by molar-refractivity contribution is 9.10. The standard InChI is InChI=1S/C11H14Br2/c1-3-9-6-8(2)7-10(4-5-12)11(9)13/h6-7H,3-5H2,1-2H3. The molecule has 0 aromatic heterocycles. The van der Waals surface area contributed by atoms with Crippen LogP contribution in [0.2, 0.25) is 0 Å². The highest BCUT2D eigenvalue weighted by Gasteiger charge is 2.04. The fourth-order valence-corrected chi connectivity index (χ4v) is 2.60. The lowest BCUT2D eigenvalue weighted by Gasteiger charge is -2.09. The van der Waals surface area contributed by atoms with E-state index < -0.39 is 0 Å². The molecule has 0 amide bonds. The van der Waals surface area contributed by atoms with Gasteiger partial charge in [-0.1, -0.05) is 56.5 Å². The van der Waals surface area contributed by atoms with Crippen molar-refractivity contribution < 1.29 is 0 Å². The molecule has 0 aliphatic carbocycles. The molecule has 0 aliphatic heterocycles. The van der Waals surface area contributed by atoms with Gasteiger partial charge in [0.15, 0.2) is 0 Å². The van der Waals surface area contributed by atoms with Crippen LogP contribution in [-0.2, 0) is 12.8 Å². The predicted molar refractivity (Wildman–Crippen MR) is 65.8 cm³/mol. The molecule has 0 saturated carbocycles. The van der Waals surface area contributed by atoms with Crippen LogP contribution in [0.1, 0.15) is 23.6 Å². The van der Waals surface area contributed by atoms with Gasteiger partial charge in [-0.2, -0.15) is 0 Å². The lowest BCUT2D eigenvalue weighted by atomic mass is 10.0. The van der Waals surface area contributed by atoms with Crippen molar-refractivity contribution in [3.63, 3.8) is 0 Å². The van der Waals surface area contributed by atoms with Crippen LogP contribution in [0.4, 0.5) is 0 Å². The number of benzene rings is 1. The highest BCUT2D eigenvalue weighted by Crippen LogP contribution is 2.25. The first-order chi connectivity index (χ1) is 6.19. The van der Waals surface area contributed by atoms with Crippen molar-refractivity contribution in [2.75, 3.05) is 5.33 Å². The maximum Gasteiger partial charge on any atom is 0.0239 e. The first-order valence-electron chi connectivity index (χ1n) is 4.53. The molecular weight excluding hydrogens is 292 g/mol. The summed E-state index contributed by atoms with van der Waals surface area (Å²) in [5.74, 6) is 0. The molecule has 1 aromatic carbocycles. The fraction of sp³-hybridized carbons (Fsp3) is 0.455. The van der Waals surface area contributed by atoms with Crippen molar-refractivity contribution in [1.82, 2.24) is 0 Å². The van der Waals surface area contributed by atoms with Crippen molar-refractivity contribution in [3.8, 4) is 0 Å².